The van der Waals surface area contributed by atoms with Gasteiger partial charge in [0.25, 0.3) is 11.8 Å². The Morgan fingerprint density at radius 3 is 2.00 bits per heavy atom. The smallest absolute Gasteiger partial charge is 0.254 e. The first kappa shape index (κ1) is 27.4. The summed E-state index contributed by atoms with van der Waals surface area (Å²) in [6.45, 7) is 13.7. The summed E-state index contributed by atoms with van der Waals surface area (Å²) in [6, 6.07) is 15.4. The molecule has 5 heteroatoms. The topological polar surface area (TPSA) is 49.9 Å². The van der Waals surface area contributed by atoms with Gasteiger partial charge in [0.05, 0.1) is 13.2 Å². The molecule has 1 aliphatic rings. The molecule has 0 saturated carbocycles. The molecule has 0 spiro atoms. The van der Waals surface area contributed by atoms with Gasteiger partial charge in [0, 0.05) is 37.8 Å². The lowest BCUT2D eigenvalue weighted by Gasteiger charge is -2.26. The number of amides is 2. The Morgan fingerprint density at radius 1 is 0.938 bits per heavy atom. The summed E-state index contributed by atoms with van der Waals surface area (Å²) < 4.78 is 5.22. The Morgan fingerprint density at radius 2 is 1.47 bits per heavy atom. The summed E-state index contributed by atoms with van der Waals surface area (Å²) >= 11 is 0. The van der Waals surface area contributed by atoms with Gasteiger partial charge in [-0.1, -0.05) is 62.6 Å². The average molecular weight is 441 g/mol. The van der Waals surface area contributed by atoms with E-state index in [9.17, 15) is 9.59 Å². The van der Waals surface area contributed by atoms with Crippen molar-refractivity contribution in [1.82, 2.24) is 9.80 Å². The van der Waals surface area contributed by atoms with E-state index in [4.69, 9.17) is 4.74 Å². The van der Waals surface area contributed by atoms with Crippen LogP contribution in [0.2, 0.25) is 0 Å². The Hall–Kier alpha value is -2.66. The number of hydrogen-bond acceptors (Lipinski definition) is 3. The molecule has 176 valence electrons. The zero-order valence-corrected chi connectivity index (χ0v) is 20.7. The van der Waals surface area contributed by atoms with Crippen LogP contribution in [0.15, 0.2) is 48.5 Å². The lowest BCUT2D eigenvalue weighted by Crippen LogP contribution is -2.40. The number of carbonyl (C=O) groups excluding carboxylic acids is 2. The van der Waals surface area contributed by atoms with Gasteiger partial charge in [-0.3, -0.25) is 9.59 Å². The molecule has 3 rings (SSSR count). The van der Waals surface area contributed by atoms with Gasteiger partial charge in [0.1, 0.15) is 0 Å². The summed E-state index contributed by atoms with van der Waals surface area (Å²) in [6.07, 6.45) is 2.18. The zero-order valence-electron chi connectivity index (χ0n) is 20.7. The van der Waals surface area contributed by atoms with Gasteiger partial charge < -0.3 is 14.5 Å². The summed E-state index contributed by atoms with van der Waals surface area (Å²) in [4.78, 5) is 27.6. The van der Waals surface area contributed by atoms with E-state index in [0.29, 0.717) is 26.3 Å². The molecule has 0 aliphatic carbocycles. The number of rotatable bonds is 5. The number of nitrogens with zero attached hydrogens (tertiary/aromatic N) is 2. The second kappa shape index (κ2) is 15.2. The third kappa shape index (κ3) is 9.23. The number of carbonyl (C=O) groups is 2. The van der Waals surface area contributed by atoms with E-state index >= 15 is 0 Å². The van der Waals surface area contributed by atoms with Gasteiger partial charge in [-0.05, 0) is 44.5 Å². The van der Waals surface area contributed by atoms with E-state index in [1.54, 1.807) is 4.90 Å². The third-order valence-electron chi connectivity index (χ3n) is 5.02. The van der Waals surface area contributed by atoms with Crippen LogP contribution in [-0.4, -0.2) is 61.5 Å². The Labute approximate surface area is 194 Å². The lowest BCUT2D eigenvalue weighted by atomic mass is 10.1. The maximum Gasteiger partial charge on any atom is 0.254 e. The lowest BCUT2D eigenvalue weighted by molar-refractivity contribution is 0.0303. The third-order valence-corrected chi connectivity index (χ3v) is 5.02. The molecule has 2 aromatic carbocycles. The van der Waals surface area contributed by atoms with Gasteiger partial charge in [0.15, 0.2) is 0 Å². The van der Waals surface area contributed by atoms with Crippen LogP contribution in [0.4, 0.5) is 0 Å². The average Bonchev–Trinajstić information content (AvgIpc) is 2.83. The van der Waals surface area contributed by atoms with Crippen molar-refractivity contribution in [2.24, 2.45) is 0 Å². The van der Waals surface area contributed by atoms with Crippen LogP contribution in [0, 0.1) is 13.8 Å². The molecule has 2 aromatic rings. The molecule has 5 nitrogen and oxygen atoms in total. The highest BCUT2D eigenvalue weighted by Crippen LogP contribution is 2.09. The Kier molecular flexibility index (Phi) is 13.0. The zero-order chi connectivity index (χ0) is 23.9. The van der Waals surface area contributed by atoms with Crippen molar-refractivity contribution in [2.75, 3.05) is 39.9 Å². The summed E-state index contributed by atoms with van der Waals surface area (Å²) in [5, 5.41) is 0. The number of hydrogen-bond donors (Lipinski definition) is 0. The molecule has 1 fully saturated rings. The van der Waals surface area contributed by atoms with Gasteiger partial charge in [-0.15, -0.1) is 0 Å². The van der Waals surface area contributed by atoms with Crippen molar-refractivity contribution in [3.63, 3.8) is 0 Å². The molecular weight excluding hydrogens is 400 g/mol. The quantitative estimate of drug-likeness (QED) is 0.629. The minimum Gasteiger partial charge on any atom is -0.378 e. The molecule has 0 unspecified atom stereocenters. The van der Waals surface area contributed by atoms with Crippen LogP contribution in [0.25, 0.3) is 0 Å². The fraction of sp³-hybridized carbons (Fsp3) is 0.481. The van der Waals surface area contributed by atoms with Gasteiger partial charge in [-0.25, -0.2) is 0 Å². The number of unbranched alkanes of at least 4 members (excludes halogenated alkanes) is 1. The molecule has 0 N–H and O–H groups in total. The minimum absolute atomic E-state index is 0.113. The molecule has 2 amide bonds. The molecular formula is C27H40N2O3. The second-order valence-corrected chi connectivity index (χ2v) is 7.72. The first-order valence-corrected chi connectivity index (χ1v) is 11.7. The van der Waals surface area contributed by atoms with Crippen LogP contribution in [0.1, 0.15) is 65.5 Å². The SMILES string of the molecule is CC.CCCCN(C)C(=O)c1cccc(C)c1.Cc1cccc(C(=O)N2CCOCC2)c1. The van der Waals surface area contributed by atoms with Crippen molar-refractivity contribution in [2.45, 2.75) is 47.5 Å². The van der Waals surface area contributed by atoms with Gasteiger partial charge in [0.2, 0.25) is 0 Å². The van der Waals surface area contributed by atoms with E-state index in [1.165, 1.54) is 0 Å². The van der Waals surface area contributed by atoms with E-state index < -0.39 is 0 Å². The molecule has 1 aliphatic heterocycles. The van der Waals surface area contributed by atoms with Crippen molar-refractivity contribution in [3.8, 4) is 0 Å². The van der Waals surface area contributed by atoms with E-state index in [2.05, 4.69) is 6.92 Å². The molecule has 0 aromatic heterocycles. The largest absolute Gasteiger partial charge is 0.378 e. The fourth-order valence-electron chi connectivity index (χ4n) is 3.22. The van der Waals surface area contributed by atoms with Gasteiger partial charge in [-0.2, -0.15) is 0 Å². The normalized spacial score (nSPS) is 12.6. The Balaban J connectivity index is 0.000000297. The molecule has 1 saturated heterocycles. The van der Waals surface area contributed by atoms with Crippen molar-refractivity contribution in [3.05, 3.63) is 70.8 Å². The maximum atomic E-state index is 12.0. The van der Waals surface area contributed by atoms with Crippen molar-refractivity contribution in [1.29, 1.82) is 0 Å². The monoisotopic (exact) mass is 440 g/mol. The number of morpholine rings is 1. The van der Waals surface area contributed by atoms with Gasteiger partial charge >= 0.3 is 0 Å². The molecule has 32 heavy (non-hydrogen) atoms. The second-order valence-electron chi connectivity index (χ2n) is 7.72. The van der Waals surface area contributed by atoms with Crippen molar-refractivity contribution < 1.29 is 14.3 Å². The first-order valence-electron chi connectivity index (χ1n) is 11.7. The van der Waals surface area contributed by atoms with Crippen LogP contribution in [0.5, 0.6) is 0 Å². The highest BCUT2D eigenvalue weighted by Gasteiger charge is 2.18. The van der Waals surface area contributed by atoms with Crippen molar-refractivity contribution >= 4 is 11.8 Å². The van der Waals surface area contributed by atoms with Crippen LogP contribution in [0.3, 0.4) is 0 Å². The van der Waals surface area contributed by atoms with E-state index in [1.807, 2.05) is 88.2 Å². The predicted molar refractivity (Wildman–Crippen MR) is 132 cm³/mol. The molecule has 0 radical (unpaired) electrons. The number of ether oxygens (including phenoxy) is 1. The van der Waals surface area contributed by atoms with Crippen LogP contribution >= 0.6 is 0 Å². The van der Waals surface area contributed by atoms with E-state index in [-0.39, 0.29) is 11.8 Å². The van der Waals surface area contributed by atoms with Crippen LogP contribution < -0.4 is 0 Å². The summed E-state index contributed by atoms with van der Waals surface area (Å²) in [5.41, 5.74) is 3.81. The highest BCUT2D eigenvalue weighted by atomic mass is 16.5. The predicted octanol–water partition coefficient (Wildman–Crippen LogP) is 5.36. The minimum atomic E-state index is 0.113. The number of benzene rings is 2. The summed E-state index contributed by atoms with van der Waals surface area (Å²) in [7, 11) is 1.86. The molecule has 1 heterocycles. The van der Waals surface area contributed by atoms with Crippen LogP contribution in [-0.2, 0) is 4.74 Å². The number of aryl methyl sites for hydroxylation is 2. The van der Waals surface area contributed by atoms with E-state index in [0.717, 1.165) is 41.6 Å². The highest BCUT2D eigenvalue weighted by molar-refractivity contribution is 5.94. The molecule has 0 bridgehead atoms. The molecule has 0 atom stereocenters. The fourth-order valence-corrected chi connectivity index (χ4v) is 3.22. The maximum absolute atomic E-state index is 12.0. The Bertz CT molecular complexity index is 829. The summed E-state index contributed by atoms with van der Waals surface area (Å²) in [5.74, 6) is 0.231. The standard InChI is InChI=1S/C13H19NO.C12H15NO2.C2H6/c1-4-5-9-14(3)13(15)12-8-6-7-11(2)10-12;1-10-3-2-4-11(9-10)12(14)13-5-7-15-8-6-13;1-2/h6-8,10H,4-5,9H2,1-3H3;2-4,9H,5-8H2,1H3;1-2H3. The first-order chi connectivity index (χ1) is 15.4.